The zero-order valence-corrected chi connectivity index (χ0v) is 15.1. The summed E-state index contributed by atoms with van der Waals surface area (Å²) in [6.45, 7) is 1.19. The molecule has 9 heteroatoms. The molecule has 1 atom stereocenters. The molecule has 0 saturated heterocycles. The summed E-state index contributed by atoms with van der Waals surface area (Å²) in [4.78, 5) is 34.8. The van der Waals surface area contributed by atoms with E-state index >= 15 is 0 Å². The number of nitriles is 1. The van der Waals surface area contributed by atoms with Crippen LogP contribution in [0.4, 0.5) is 5.69 Å². The summed E-state index contributed by atoms with van der Waals surface area (Å²) in [6, 6.07) is 7.96. The predicted molar refractivity (Wildman–Crippen MR) is 94.3 cm³/mol. The second-order valence-electron chi connectivity index (χ2n) is 6.07. The number of thioether (sulfide) groups is 1. The number of non-ortho nitro benzene ring substituents is 1. The van der Waals surface area contributed by atoms with Gasteiger partial charge in [-0.25, -0.2) is 0 Å². The maximum absolute atomic E-state index is 12.0. The van der Waals surface area contributed by atoms with Crippen LogP contribution < -0.4 is 5.32 Å². The minimum atomic E-state index is -0.845. The topological polar surface area (TPSA) is 122 Å². The largest absolute Gasteiger partial charge is 0.455 e. The molecule has 0 aromatic heterocycles. The van der Waals surface area contributed by atoms with Gasteiger partial charge in [0.15, 0.2) is 6.61 Å². The molecule has 1 aromatic carbocycles. The number of carbonyl (C=O) groups is 2. The van der Waals surface area contributed by atoms with E-state index < -0.39 is 34.2 Å². The zero-order chi connectivity index (χ0) is 19.2. The molecule has 1 N–H and O–H groups in total. The van der Waals surface area contributed by atoms with E-state index in [-0.39, 0.29) is 5.69 Å². The zero-order valence-electron chi connectivity index (χ0n) is 14.3. The molecule has 1 amide bonds. The molecular formula is C17H19N3O5S. The molecule has 1 aromatic rings. The Balaban J connectivity index is 1.80. The molecule has 0 bridgehead atoms. The number of hydrogen-bond acceptors (Lipinski definition) is 7. The quantitative estimate of drug-likeness (QED) is 0.335. The summed E-state index contributed by atoms with van der Waals surface area (Å²) >= 11 is 1.18. The van der Waals surface area contributed by atoms with Crippen LogP contribution in [-0.4, -0.2) is 34.2 Å². The minimum absolute atomic E-state index is 0.0282. The van der Waals surface area contributed by atoms with Crippen molar-refractivity contribution in [1.29, 1.82) is 5.26 Å². The Morgan fingerprint density at radius 1 is 1.38 bits per heavy atom. The fourth-order valence-corrected chi connectivity index (χ4v) is 3.56. The standard InChI is InChI=1S/C17H19N3O5S/c1-12(26-14-6-4-13(5-7-14)20(23)24)16(22)25-10-15(21)19-17(11-18)8-2-3-9-17/h4-7,12H,2-3,8-10H2,1H3,(H,19,21)/t12-/m0/s1. The first-order chi connectivity index (χ1) is 12.3. The number of nitro groups is 1. The molecule has 0 heterocycles. The Hall–Kier alpha value is -2.60. The van der Waals surface area contributed by atoms with Gasteiger partial charge in [-0.15, -0.1) is 11.8 Å². The molecule has 0 aliphatic heterocycles. The number of hydrogen-bond donors (Lipinski definition) is 1. The number of esters is 1. The number of rotatable bonds is 7. The van der Waals surface area contributed by atoms with Crippen LogP contribution >= 0.6 is 11.8 Å². The van der Waals surface area contributed by atoms with Crippen molar-refractivity contribution in [1.82, 2.24) is 5.32 Å². The molecule has 1 fully saturated rings. The van der Waals surface area contributed by atoms with E-state index in [2.05, 4.69) is 11.4 Å². The highest BCUT2D eigenvalue weighted by molar-refractivity contribution is 8.00. The van der Waals surface area contributed by atoms with Gasteiger partial charge in [0.2, 0.25) is 0 Å². The van der Waals surface area contributed by atoms with Crippen molar-refractivity contribution in [3.63, 3.8) is 0 Å². The van der Waals surface area contributed by atoms with E-state index in [9.17, 15) is 25.0 Å². The maximum atomic E-state index is 12.0. The van der Waals surface area contributed by atoms with Crippen LogP contribution in [0.1, 0.15) is 32.6 Å². The molecule has 2 rings (SSSR count). The van der Waals surface area contributed by atoms with Gasteiger partial charge in [0, 0.05) is 17.0 Å². The average molecular weight is 377 g/mol. The lowest BCUT2D eigenvalue weighted by Crippen LogP contribution is -2.47. The number of nitrogens with zero attached hydrogens (tertiary/aromatic N) is 2. The minimum Gasteiger partial charge on any atom is -0.455 e. The molecule has 8 nitrogen and oxygen atoms in total. The van der Waals surface area contributed by atoms with Gasteiger partial charge in [-0.1, -0.05) is 0 Å². The van der Waals surface area contributed by atoms with Crippen LogP contribution in [0.5, 0.6) is 0 Å². The van der Waals surface area contributed by atoms with Crippen LogP contribution in [0.2, 0.25) is 0 Å². The first-order valence-electron chi connectivity index (χ1n) is 8.15. The molecule has 1 aliphatic carbocycles. The molecule has 0 unspecified atom stereocenters. The number of nitrogens with one attached hydrogen (secondary N) is 1. The Labute approximate surface area is 155 Å². The Morgan fingerprint density at radius 3 is 2.54 bits per heavy atom. The lowest BCUT2D eigenvalue weighted by Gasteiger charge is -2.22. The second-order valence-corrected chi connectivity index (χ2v) is 7.48. The predicted octanol–water partition coefficient (Wildman–Crippen LogP) is 2.57. The fraction of sp³-hybridized carbons (Fsp3) is 0.471. The van der Waals surface area contributed by atoms with Crippen molar-refractivity contribution in [2.24, 2.45) is 0 Å². The van der Waals surface area contributed by atoms with Crippen molar-refractivity contribution in [2.75, 3.05) is 6.61 Å². The van der Waals surface area contributed by atoms with Gasteiger partial charge in [0.1, 0.15) is 10.8 Å². The van der Waals surface area contributed by atoms with Gasteiger partial charge < -0.3 is 10.1 Å². The average Bonchev–Trinajstić information content (AvgIpc) is 3.09. The number of amides is 1. The molecule has 26 heavy (non-hydrogen) atoms. The van der Waals surface area contributed by atoms with E-state index in [4.69, 9.17) is 4.74 Å². The number of carbonyl (C=O) groups excluding carboxylic acids is 2. The first kappa shape index (κ1) is 19.7. The van der Waals surface area contributed by atoms with E-state index in [0.29, 0.717) is 17.7 Å². The van der Waals surface area contributed by atoms with Crippen LogP contribution in [0, 0.1) is 21.4 Å². The van der Waals surface area contributed by atoms with Crippen molar-refractivity contribution in [3.05, 3.63) is 34.4 Å². The third kappa shape index (κ3) is 5.20. The summed E-state index contributed by atoms with van der Waals surface area (Å²) in [5.74, 6) is -1.06. The SMILES string of the molecule is C[C@H](Sc1ccc([N+](=O)[O-])cc1)C(=O)OCC(=O)NC1(C#N)CCCC1. The monoisotopic (exact) mass is 377 g/mol. The summed E-state index contributed by atoms with van der Waals surface area (Å²) in [7, 11) is 0. The highest BCUT2D eigenvalue weighted by Gasteiger charge is 2.35. The lowest BCUT2D eigenvalue weighted by atomic mass is 10.00. The van der Waals surface area contributed by atoms with Gasteiger partial charge in [-0.3, -0.25) is 19.7 Å². The smallest absolute Gasteiger partial charge is 0.319 e. The Morgan fingerprint density at radius 2 is 2.00 bits per heavy atom. The van der Waals surface area contributed by atoms with Crippen LogP contribution in [0.3, 0.4) is 0 Å². The summed E-state index contributed by atoms with van der Waals surface area (Å²) in [5.41, 5.74) is -0.873. The first-order valence-corrected chi connectivity index (χ1v) is 9.03. The van der Waals surface area contributed by atoms with Gasteiger partial charge in [-0.2, -0.15) is 5.26 Å². The van der Waals surface area contributed by atoms with Crippen LogP contribution in [-0.2, 0) is 14.3 Å². The van der Waals surface area contributed by atoms with E-state index in [1.54, 1.807) is 19.1 Å². The third-order valence-corrected chi connectivity index (χ3v) is 5.18. The Kier molecular flexibility index (Phi) is 6.58. The molecule has 0 spiro atoms. The summed E-state index contributed by atoms with van der Waals surface area (Å²) in [5, 5.41) is 21.9. The van der Waals surface area contributed by atoms with Gasteiger partial charge >= 0.3 is 5.97 Å². The highest BCUT2D eigenvalue weighted by Crippen LogP contribution is 2.29. The number of nitro benzene ring substituents is 1. The number of benzene rings is 1. The van der Waals surface area contributed by atoms with Gasteiger partial charge in [-0.05, 0) is 44.7 Å². The molecule has 1 saturated carbocycles. The third-order valence-electron chi connectivity index (χ3n) is 4.09. The Bertz CT molecular complexity index is 723. The van der Waals surface area contributed by atoms with E-state index in [0.717, 1.165) is 12.8 Å². The van der Waals surface area contributed by atoms with Crippen molar-refractivity contribution in [3.8, 4) is 6.07 Å². The molecule has 138 valence electrons. The fourth-order valence-electron chi connectivity index (χ4n) is 2.70. The van der Waals surface area contributed by atoms with Crippen molar-refractivity contribution in [2.45, 2.75) is 48.3 Å². The van der Waals surface area contributed by atoms with Crippen molar-refractivity contribution < 1.29 is 19.2 Å². The maximum Gasteiger partial charge on any atom is 0.319 e. The van der Waals surface area contributed by atoms with Crippen LogP contribution in [0.15, 0.2) is 29.2 Å². The molecule has 1 aliphatic rings. The van der Waals surface area contributed by atoms with Crippen LogP contribution in [0.25, 0.3) is 0 Å². The second kappa shape index (κ2) is 8.67. The van der Waals surface area contributed by atoms with E-state index in [1.165, 1.54) is 23.9 Å². The normalized spacial score (nSPS) is 16.3. The highest BCUT2D eigenvalue weighted by atomic mass is 32.2. The summed E-state index contributed by atoms with van der Waals surface area (Å²) in [6.07, 6.45) is 2.98. The lowest BCUT2D eigenvalue weighted by molar-refractivity contribution is -0.384. The van der Waals surface area contributed by atoms with Crippen molar-refractivity contribution >= 4 is 29.3 Å². The number of ether oxygens (including phenoxy) is 1. The van der Waals surface area contributed by atoms with E-state index in [1.807, 2.05) is 0 Å². The molecular weight excluding hydrogens is 358 g/mol. The van der Waals surface area contributed by atoms with Gasteiger partial charge in [0.05, 0.1) is 11.0 Å². The summed E-state index contributed by atoms with van der Waals surface area (Å²) < 4.78 is 5.01. The van der Waals surface area contributed by atoms with Gasteiger partial charge in [0.25, 0.3) is 11.6 Å². The molecule has 0 radical (unpaired) electrons.